The monoisotopic (exact) mass is 281 g/mol. The Bertz CT molecular complexity index is 370. The van der Waals surface area contributed by atoms with Gasteiger partial charge in [-0.1, -0.05) is 0 Å². The molecule has 1 N–H and O–H groups in total. The van der Waals surface area contributed by atoms with Crippen molar-refractivity contribution in [3.63, 3.8) is 0 Å². The maximum Gasteiger partial charge on any atom is 0.0388 e. The summed E-state index contributed by atoms with van der Waals surface area (Å²) in [5.74, 6) is 2.66. The molecule has 1 aliphatic heterocycles. The summed E-state index contributed by atoms with van der Waals surface area (Å²) in [4.78, 5) is 3.24. The van der Waals surface area contributed by atoms with Crippen molar-refractivity contribution < 1.29 is 0 Å². The Balaban J connectivity index is 1.64. The van der Waals surface area contributed by atoms with Crippen LogP contribution in [-0.4, -0.2) is 17.5 Å². The highest BCUT2D eigenvalue weighted by Gasteiger charge is 2.20. The summed E-state index contributed by atoms with van der Waals surface area (Å²) in [6, 6.07) is 3.76. The number of thioether (sulfide) groups is 1. The number of rotatable bonds is 3. The first-order valence-electron chi connectivity index (χ1n) is 7.28. The minimum atomic E-state index is 0.546. The Morgan fingerprint density at radius 1 is 1.28 bits per heavy atom. The van der Waals surface area contributed by atoms with Crippen molar-refractivity contribution in [1.29, 1.82) is 0 Å². The summed E-state index contributed by atoms with van der Waals surface area (Å²) in [6.45, 7) is 2.34. The molecule has 3 heteroatoms. The minimum Gasteiger partial charge on any atom is -0.306 e. The lowest BCUT2D eigenvalue weighted by Gasteiger charge is -2.25. The van der Waals surface area contributed by atoms with Crippen LogP contribution in [0.15, 0.2) is 6.07 Å². The summed E-state index contributed by atoms with van der Waals surface area (Å²) >= 11 is 4.17. The van der Waals surface area contributed by atoms with Gasteiger partial charge in [-0.2, -0.15) is 11.8 Å². The second-order valence-electron chi connectivity index (χ2n) is 5.61. The number of aryl methyl sites for hydroxylation is 2. The Kier molecular flexibility index (Phi) is 4.32. The maximum atomic E-state index is 3.83. The quantitative estimate of drug-likeness (QED) is 0.892. The van der Waals surface area contributed by atoms with Gasteiger partial charge in [0, 0.05) is 27.6 Å². The molecule has 0 bridgehead atoms. The molecule has 1 aliphatic carbocycles. The minimum absolute atomic E-state index is 0.546. The van der Waals surface area contributed by atoms with Crippen LogP contribution in [0.2, 0.25) is 0 Å². The molecule has 18 heavy (non-hydrogen) atoms. The van der Waals surface area contributed by atoms with Crippen molar-refractivity contribution in [2.75, 3.05) is 11.5 Å². The Hall–Kier alpha value is 0.01000. The van der Waals surface area contributed by atoms with Gasteiger partial charge in [-0.15, -0.1) is 11.3 Å². The average Bonchev–Trinajstić information content (AvgIpc) is 2.84. The molecule has 0 amide bonds. The molecule has 1 saturated heterocycles. The molecule has 1 nitrogen and oxygen atoms in total. The first-order chi connectivity index (χ1) is 8.83. The number of fused-ring (bicyclic) bond motifs is 1. The van der Waals surface area contributed by atoms with E-state index in [0.717, 1.165) is 6.04 Å². The van der Waals surface area contributed by atoms with E-state index in [1.165, 1.54) is 50.0 Å². The predicted octanol–water partition coefficient (Wildman–Crippen LogP) is 4.17. The van der Waals surface area contributed by atoms with Crippen LogP contribution in [0.25, 0.3) is 0 Å². The van der Waals surface area contributed by atoms with Gasteiger partial charge >= 0.3 is 0 Å². The van der Waals surface area contributed by atoms with Crippen molar-refractivity contribution in [3.05, 3.63) is 21.4 Å². The van der Waals surface area contributed by atoms with Gasteiger partial charge in [0.15, 0.2) is 0 Å². The largest absolute Gasteiger partial charge is 0.306 e. The van der Waals surface area contributed by atoms with Gasteiger partial charge in [-0.25, -0.2) is 0 Å². The molecule has 2 unspecified atom stereocenters. The molecule has 1 aromatic heterocycles. The third kappa shape index (κ3) is 2.94. The Morgan fingerprint density at radius 2 is 2.17 bits per heavy atom. The second-order valence-corrected chi connectivity index (χ2v) is 7.92. The molecular formula is C15H23NS2. The van der Waals surface area contributed by atoms with Crippen molar-refractivity contribution >= 4 is 23.1 Å². The van der Waals surface area contributed by atoms with E-state index in [4.69, 9.17) is 0 Å². The first-order valence-corrected chi connectivity index (χ1v) is 9.25. The van der Waals surface area contributed by atoms with Crippen LogP contribution in [0, 0.1) is 0 Å². The summed E-state index contributed by atoms with van der Waals surface area (Å²) in [5, 5.41) is 3.83. The normalized spacial score (nSPS) is 25.7. The van der Waals surface area contributed by atoms with Gasteiger partial charge in [0.1, 0.15) is 0 Å². The highest BCUT2D eigenvalue weighted by Crippen LogP contribution is 2.33. The molecule has 0 saturated carbocycles. The number of hydrogen-bond donors (Lipinski definition) is 1. The van der Waals surface area contributed by atoms with Crippen molar-refractivity contribution in [3.8, 4) is 0 Å². The molecule has 1 aromatic rings. The number of hydrogen-bond acceptors (Lipinski definition) is 3. The third-order valence-electron chi connectivity index (χ3n) is 4.09. The molecule has 2 heterocycles. The summed E-state index contributed by atoms with van der Waals surface area (Å²) < 4.78 is 0. The van der Waals surface area contributed by atoms with Crippen LogP contribution in [0.1, 0.15) is 54.0 Å². The van der Waals surface area contributed by atoms with Gasteiger partial charge in [0.2, 0.25) is 0 Å². The van der Waals surface area contributed by atoms with Crippen LogP contribution in [-0.2, 0) is 12.8 Å². The molecule has 0 spiro atoms. The van der Waals surface area contributed by atoms with E-state index in [-0.39, 0.29) is 0 Å². The average molecular weight is 281 g/mol. The smallest absolute Gasteiger partial charge is 0.0388 e. The fraction of sp³-hybridized carbons (Fsp3) is 0.733. The third-order valence-corrected chi connectivity index (χ3v) is 6.72. The number of thiophene rings is 1. The molecule has 2 atom stereocenters. The zero-order valence-electron chi connectivity index (χ0n) is 11.2. The zero-order valence-corrected chi connectivity index (χ0v) is 12.8. The van der Waals surface area contributed by atoms with Gasteiger partial charge in [-0.3, -0.25) is 0 Å². The van der Waals surface area contributed by atoms with Crippen LogP contribution in [0.3, 0.4) is 0 Å². The lowest BCUT2D eigenvalue weighted by atomic mass is 9.99. The van der Waals surface area contributed by atoms with Gasteiger partial charge in [0.05, 0.1) is 0 Å². The molecule has 2 aliphatic rings. The summed E-state index contributed by atoms with van der Waals surface area (Å²) in [5.41, 5.74) is 1.65. The van der Waals surface area contributed by atoms with E-state index in [1.807, 2.05) is 0 Å². The van der Waals surface area contributed by atoms with Crippen LogP contribution >= 0.6 is 23.1 Å². The van der Waals surface area contributed by atoms with E-state index >= 15 is 0 Å². The van der Waals surface area contributed by atoms with E-state index in [1.54, 1.807) is 15.3 Å². The first kappa shape index (κ1) is 13.0. The Morgan fingerprint density at radius 3 is 2.94 bits per heavy atom. The number of nitrogens with one attached hydrogen (secondary N) is 1. The molecule has 3 rings (SSSR count). The van der Waals surface area contributed by atoms with Crippen LogP contribution < -0.4 is 5.32 Å². The Labute approximate surface area is 119 Å². The SMILES string of the molecule is CC(NC1CCCSC1)c1cc2c(s1)CCCC2. The topological polar surface area (TPSA) is 12.0 Å². The molecule has 100 valence electrons. The van der Waals surface area contributed by atoms with Gasteiger partial charge in [0.25, 0.3) is 0 Å². The maximum absolute atomic E-state index is 3.83. The van der Waals surface area contributed by atoms with Crippen molar-refractivity contribution in [1.82, 2.24) is 5.32 Å². The fourth-order valence-electron chi connectivity index (χ4n) is 3.03. The summed E-state index contributed by atoms with van der Waals surface area (Å²) in [6.07, 6.45) is 8.18. The highest BCUT2D eigenvalue weighted by molar-refractivity contribution is 7.99. The van der Waals surface area contributed by atoms with Crippen LogP contribution in [0.5, 0.6) is 0 Å². The van der Waals surface area contributed by atoms with Gasteiger partial charge < -0.3 is 5.32 Å². The van der Waals surface area contributed by atoms with Crippen molar-refractivity contribution in [2.45, 2.75) is 57.5 Å². The zero-order chi connectivity index (χ0) is 12.4. The van der Waals surface area contributed by atoms with Gasteiger partial charge in [-0.05, 0) is 62.8 Å². The van der Waals surface area contributed by atoms with E-state index in [9.17, 15) is 0 Å². The van der Waals surface area contributed by atoms with E-state index in [2.05, 4.69) is 41.4 Å². The standard InChI is InChI=1S/C15H23NS2/c1-11(16-13-6-4-8-17-10-13)15-9-12-5-2-3-7-14(12)18-15/h9,11,13,16H,2-8,10H2,1H3. The lowest BCUT2D eigenvalue weighted by Crippen LogP contribution is -2.35. The molecular weight excluding hydrogens is 258 g/mol. The van der Waals surface area contributed by atoms with Crippen LogP contribution in [0.4, 0.5) is 0 Å². The summed E-state index contributed by atoms with van der Waals surface area (Å²) in [7, 11) is 0. The van der Waals surface area contributed by atoms with E-state index < -0.39 is 0 Å². The van der Waals surface area contributed by atoms with E-state index in [0.29, 0.717) is 6.04 Å². The van der Waals surface area contributed by atoms with Crippen molar-refractivity contribution in [2.24, 2.45) is 0 Å². The fourth-order valence-corrected chi connectivity index (χ4v) is 5.39. The lowest BCUT2D eigenvalue weighted by molar-refractivity contribution is 0.456. The second kappa shape index (κ2) is 5.98. The highest BCUT2D eigenvalue weighted by atomic mass is 32.2. The molecule has 0 aromatic carbocycles. The molecule has 0 radical (unpaired) electrons. The predicted molar refractivity (Wildman–Crippen MR) is 82.9 cm³/mol. The molecule has 1 fully saturated rings.